The van der Waals surface area contributed by atoms with Crippen LogP contribution in [0.2, 0.25) is 0 Å². The van der Waals surface area contributed by atoms with E-state index in [0.29, 0.717) is 4.53 Å². The van der Waals surface area contributed by atoms with Crippen molar-refractivity contribution in [2.24, 2.45) is 0 Å². The molecule has 0 spiro atoms. The lowest BCUT2D eigenvalue weighted by molar-refractivity contribution is 0.414. The van der Waals surface area contributed by atoms with Crippen molar-refractivity contribution >= 4 is 33.4 Å². The van der Waals surface area contributed by atoms with Gasteiger partial charge in [0.25, 0.3) is 5.56 Å². The molecule has 5 rings (SSSR count). The Balaban J connectivity index is 1.66. The molecule has 0 saturated heterocycles. The molecule has 0 aliphatic rings. The highest BCUT2D eigenvalue weighted by molar-refractivity contribution is 7.15. The predicted molar refractivity (Wildman–Crippen MR) is 117 cm³/mol. The molecule has 5 aromatic rings. The Morgan fingerprint density at radius 3 is 2.59 bits per heavy atom. The van der Waals surface area contributed by atoms with Crippen LogP contribution in [0, 0.1) is 13.8 Å². The number of benzene rings is 2. The first-order valence-electron chi connectivity index (χ1n) is 9.32. The van der Waals surface area contributed by atoms with E-state index >= 15 is 0 Å². The zero-order valence-electron chi connectivity index (χ0n) is 16.3. The molecule has 0 bridgehead atoms. The number of hydrogen-bond donors (Lipinski definition) is 0. The van der Waals surface area contributed by atoms with Crippen LogP contribution in [0.5, 0.6) is 5.75 Å². The highest BCUT2D eigenvalue weighted by Crippen LogP contribution is 2.23. The maximum absolute atomic E-state index is 13.0. The molecule has 3 heterocycles. The smallest absolute Gasteiger partial charge is 0.274 e. The standard InChI is InChI=1S/C23H19N3O2S/c1-14-12-16(15(2)25(14)17-8-10-18(28-3)11-9-17)13-21-22(27)26-20-7-5-4-6-19(20)24-23(26)29-21/h4-13H,1-3H3/b21-13-. The van der Waals surface area contributed by atoms with Crippen LogP contribution in [0.1, 0.15) is 17.0 Å². The Hall–Kier alpha value is -3.38. The second-order valence-electron chi connectivity index (χ2n) is 6.99. The minimum absolute atomic E-state index is 0.0204. The summed E-state index contributed by atoms with van der Waals surface area (Å²) in [4.78, 5) is 18.4. The second kappa shape index (κ2) is 6.60. The first-order chi connectivity index (χ1) is 14.1. The molecule has 2 aromatic carbocycles. The Kier molecular flexibility index (Phi) is 4.03. The molecular weight excluding hydrogens is 382 g/mol. The number of para-hydroxylation sites is 2. The van der Waals surface area contributed by atoms with Gasteiger partial charge in [-0.3, -0.25) is 4.79 Å². The molecule has 0 amide bonds. The first kappa shape index (κ1) is 17.7. The van der Waals surface area contributed by atoms with Crippen molar-refractivity contribution in [3.05, 3.63) is 86.4 Å². The molecule has 29 heavy (non-hydrogen) atoms. The summed E-state index contributed by atoms with van der Waals surface area (Å²) >= 11 is 1.43. The van der Waals surface area contributed by atoms with Gasteiger partial charge in [0.05, 0.1) is 22.7 Å². The molecule has 3 aromatic heterocycles. The van der Waals surface area contributed by atoms with Crippen LogP contribution < -0.4 is 14.8 Å². The molecule has 6 heteroatoms. The molecule has 0 aliphatic heterocycles. The zero-order chi connectivity index (χ0) is 20.1. The van der Waals surface area contributed by atoms with Crippen molar-refractivity contribution in [3.8, 4) is 11.4 Å². The fraction of sp³-hybridized carbons (Fsp3) is 0.130. The number of hydrogen-bond acceptors (Lipinski definition) is 4. The van der Waals surface area contributed by atoms with Crippen molar-refractivity contribution in [1.29, 1.82) is 0 Å². The van der Waals surface area contributed by atoms with Crippen LogP contribution in [-0.2, 0) is 0 Å². The second-order valence-corrected chi connectivity index (χ2v) is 8.00. The van der Waals surface area contributed by atoms with Crippen LogP contribution in [0.4, 0.5) is 0 Å². The summed E-state index contributed by atoms with van der Waals surface area (Å²) in [6.45, 7) is 4.14. The quantitative estimate of drug-likeness (QED) is 0.461. The van der Waals surface area contributed by atoms with Crippen LogP contribution in [0.25, 0.3) is 27.8 Å². The van der Waals surface area contributed by atoms with Gasteiger partial charge in [-0.05, 0) is 68.0 Å². The summed E-state index contributed by atoms with van der Waals surface area (Å²) in [5.41, 5.74) is 5.97. The number of aromatic nitrogens is 3. The maximum Gasteiger partial charge on any atom is 0.274 e. The molecule has 0 saturated carbocycles. The fourth-order valence-electron chi connectivity index (χ4n) is 3.82. The summed E-state index contributed by atoms with van der Waals surface area (Å²) in [5.74, 6) is 0.827. The molecular formula is C23H19N3O2S. The van der Waals surface area contributed by atoms with Gasteiger partial charge in [-0.2, -0.15) is 0 Å². The zero-order valence-corrected chi connectivity index (χ0v) is 17.2. The van der Waals surface area contributed by atoms with Gasteiger partial charge in [-0.15, -0.1) is 0 Å². The van der Waals surface area contributed by atoms with Gasteiger partial charge in [0.1, 0.15) is 5.75 Å². The summed E-state index contributed by atoms with van der Waals surface area (Å²) in [6.07, 6.45) is 1.97. The monoisotopic (exact) mass is 401 g/mol. The minimum Gasteiger partial charge on any atom is -0.497 e. The van der Waals surface area contributed by atoms with Crippen molar-refractivity contribution in [1.82, 2.24) is 14.0 Å². The normalized spacial score (nSPS) is 12.3. The van der Waals surface area contributed by atoms with E-state index in [1.807, 2.05) is 54.6 Å². The van der Waals surface area contributed by atoms with Gasteiger partial charge in [0.2, 0.25) is 0 Å². The topological polar surface area (TPSA) is 48.5 Å². The van der Waals surface area contributed by atoms with Crippen molar-refractivity contribution in [2.75, 3.05) is 7.11 Å². The lowest BCUT2D eigenvalue weighted by Gasteiger charge is -2.10. The fourth-order valence-corrected chi connectivity index (χ4v) is 4.79. The van der Waals surface area contributed by atoms with Gasteiger partial charge in [0.15, 0.2) is 4.96 Å². The number of thiazole rings is 1. The molecule has 0 radical (unpaired) electrons. The van der Waals surface area contributed by atoms with Crippen LogP contribution in [0.15, 0.2) is 59.4 Å². The van der Waals surface area contributed by atoms with Gasteiger partial charge in [-0.25, -0.2) is 9.38 Å². The van der Waals surface area contributed by atoms with Gasteiger partial charge in [-0.1, -0.05) is 23.5 Å². The van der Waals surface area contributed by atoms with Crippen LogP contribution in [0.3, 0.4) is 0 Å². The van der Waals surface area contributed by atoms with Crippen molar-refractivity contribution < 1.29 is 4.74 Å². The molecule has 0 unspecified atom stereocenters. The third-order valence-corrected chi connectivity index (χ3v) is 6.20. The van der Waals surface area contributed by atoms with Crippen molar-refractivity contribution in [3.63, 3.8) is 0 Å². The Morgan fingerprint density at radius 1 is 1.07 bits per heavy atom. The SMILES string of the molecule is COc1ccc(-n2c(C)cc(/C=c3\sc4nc5ccccc5n4c3=O)c2C)cc1. The van der Waals surface area contributed by atoms with E-state index in [9.17, 15) is 4.79 Å². The number of imidazole rings is 1. The molecule has 0 atom stereocenters. The van der Waals surface area contributed by atoms with Gasteiger partial charge in [0, 0.05) is 17.1 Å². The number of nitrogens with zero attached hydrogens (tertiary/aromatic N) is 3. The van der Waals surface area contributed by atoms with Gasteiger partial charge < -0.3 is 9.30 Å². The average molecular weight is 401 g/mol. The van der Waals surface area contributed by atoms with E-state index in [4.69, 9.17) is 4.74 Å². The van der Waals surface area contributed by atoms with Crippen molar-refractivity contribution in [2.45, 2.75) is 13.8 Å². The van der Waals surface area contributed by atoms with Gasteiger partial charge >= 0.3 is 0 Å². The summed E-state index contributed by atoms with van der Waals surface area (Å²) < 4.78 is 9.83. The number of rotatable bonds is 3. The largest absolute Gasteiger partial charge is 0.497 e. The summed E-state index contributed by atoms with van der Waals surface area (Å²) in [7, 11) is 1.66. The van der Waals surface area contributed by atoms with E-state index in [2.05, 4.69) is 29.5 Å². The number of ether oxygens (including phenoxy) is 1. The molecule has 0 fully saturated rings. The average Bonchev–Trinajstić information content (AvgIpc) is 3.33. The molecule has 5 nitrogen and oxygen atoms in total. The lowest BCUT2D eigenvalue weighted by Crippen LogP contribution is -2.22. The summed E-state index contributed by atoms with van der Waals surface area (Å²) in [6, 6.07) is 17.8. The molecule has 144 valence electrons. The molecule has 0 aliphatic carbocycles. The Labute approximate surface area is 171 Å². The highest BCUT2D eigenvalue weighted by Gasteiger charge is 2.13. The predicted octanol–water partition coefficient (Wildman–Crippen LogP) is 3.87. The Bertz CT molecular complexity index is 1470. The third kappa shape index (κ3) is 2.76. The van der Waals surface area contributed by atoms with Crippen LogP contribution in [-0.4, -0.2) is 21.1 Å². The lowest BCUT2D eigenvalue weighted by atomic mass is 10.2. The number of methoxy groups -OCH3 is 1. The third-order valence-electron chi connectivity index (χ3n) is 5.23. The Morgan fingerprint density at radius 2 is 1.83 bits per heavy atom. The molecule has 0 N–H and O–H groups in total. The highest BCUT2D eigenvalue weighted by atomic mass is 32.1. The van der Waals surface area contributed by atoms with E-state index in [1.54, 1.807) is 11.5 Å². The maximum atomic E-state index is 13.0. The van der Waals surface area contributed by atoms with E-state index in [-0.39, 0.29) is 5.56 Å². The summed E-state index contributed by atoms with van der Waals surface area (Å²) in [5, 5.41) is 0. The van der Waals surface area contributed by atoms with E-state index in [0.717, 1.165) is 44.4 Å². The van der Waals surface area contributed by atoms with Crippen LogP contribution >= 0.6 is 11.3 Å². The van der Waals surface area contributed by atoms with E-state index < -0.39 is 0 Å². The minimum atomic E-state index is -0.0204. The van der Waals surface area contributed by atoms with E-state index in [1.165, 1.54) is 11.3 Å². The number of fused-ring (bicyclic) bond motifs is 3. The first-order valence-corrected chi connectivity index (χ1v) is 10.1. The number of aryl methyl sites for hydroxylation is 1.